The number of carbonyl (C=O) groups is 1. The van der Waals surface area contributed by atoms with Crippen molar-refractivity contribution in [1.29, 1.82) is 0 Å². The van der Waals surface area contributed by atoms with Crippen molar-refractivity contribution < 1.29 is 35.5 Å². The van der Waals surface area contributed by atoms with E-state index in [-0.39, 0.29) is 32.3 Å². The molecule has 0 radical (unpaired) electrons. The van der Waals surface area contributed by atoms with Crippen LogP contribution in [0, 0.1) is 0 Å². The first kappa shape index (κ1) is 25.3. The van der Waals surface area contributed by atoms with Gasteiger partial charge in [-0.25, -0.2) is 4.39 Å². The molecular formula is C19H11Cl3F7NO. The Morgan fingerprint density at radius 1 is 0.935 bits per heavy atom. The van der Waals surface area contributed by atoms with Crippen LogP contribution in [0.4, 0.5) is 30.7 Å². The highest BCUT2D eigenvalue weighted by molar-refractivity contribution is 6.48. The van der Waals surface area contributed by atoms with Gasteiger partial charge in [-0.1, -0.05) is 46.9 Å². The van der Waals surface area contributed by atoms with E-state index in [0.29, 0.717) is 0 Å². The summed E-state index contributed by atoms with van der Waals surface area (Å²) in [6, 6.07) is 5.70. The summed E-state index contributed by atoms with van der Waals surface area (Å²) in [5, 5.41) is 0.966. The molecule has 0 saturated heterocycles. The zero-order valence-electron chi connectivity index (χ0n) is 15.0. The Balaban J connectivity index is 2.31. The van der Waals surface area contributed by atoms with E-state index in [1.54, 1.807) is 5.32 Å². The van der Waals surface area contributed by atoms with Crippen molar-refractivity contribution in [2.24, 2.45) is 0 Å². The van der Waals surface area contributed by atoms with Crippen molar-refractivity contribution >= 4 is 46.5 Å². The Morgan fingerprint density at radius 2 is 1.42 bits per heavy atom. The van der Waals surface area contributed by atoms with Crippen LogP contribution in [0.5, 0.6) is 0 Å². The number of rotatable bonds is 5. The standard InChI is InChI=1S/C19H11Cl3F7NO/c20-13-5-11(6-14(21)16(13)22)12(19(27,28)29)7-15(23)9-1-3-10(4-2-9)17(31)30-8-18(24,25)26/h1-7,12H,8H2,(H,30,31)/b15-7-. The van der Waals surface area contributed by atoms with E-state index in [1.807, 2.05) is 0 Å². The number of allylic oxidation sites excluding steroid dienone is 1. The third kappa shape index (κ3) is 7.02. The van der Waals surface area contributed by atoms with Gasteiger partial charge in [0.1, 0.15) is 18.3 Å². The highest BCUT2D eigenvalue weighted by Gasteiger charge is 2.40. The fraction of sp³-hybridized carbons (Fsp3) is 0.211. The molecule has 0 fully saturated rings. The maximum Gasteiger partial charge on any atom is 0.405 e. The van der Waals surface area contributed by atoms with Gasteiger partial charge in [0.05, 0.1) is 15.1 Å². The van der Waals surface area contributed by atoms with Crippen LogP contribution in [-0.4, -0.2) is 24.8 Å². The molecule has 0 aromatic heterocycles. The minimum atomic E-state index is -4.91. The summed E-state index contributed by atoms with van der Waals surface area (Å²) in [7, 11) is 0. The zero-order chi connectivity index (χ0) is 23.6. The minimum Gasteiger partial charge on any atom is -0.343 e. The number of amides is 1. The maximum absolute atomic E-state index is 14.5. The van der Waals surface area contributed by atoms with Gasteiger partial charge in [-0.05, 0) is 35.9 Å². The molecule has 168 valence electrons. The van der Waals surface area contributed by atoms with Gasteiger partial charge in [0, 0.05) is 11.1 Å². The van der Waals surface area contributed by atoms with Gasteiger partial charge in [-0.2, -0.15) is 26.3 Å². The van der Waals surface area contributed by atoms with Gasteiger partial charge in [0.15, 0.2) is 0 Å². The summed E-state index contributed by atoms with van der Waals surface area (Å²) in [5.74, 6) is -4.78. The van der Waals surface area contributed by atoms with Crippen molar-refractivity contribution in [3.05, 3.63) is 74.2 Å². The molecule has 2 aromatic carbocycles. The largest absolute Gasteiger partial charge is 0.405 e. The van der Waals surface area contributed by atoms with Crippen LogP contribution in [-0.2, 0) is 0 Å². The lowest BCUT2D eigenvalue weighted by Crippen LogP contribution is -2.33. The van der Waals surface area contributed by atoms with Crippen LogP contribution in [0.2, 0.25) is 15.1 Å². The molecule has 31 heavy (non-hydrogen) atoms. The topological polar surface area (TPSA) is 29.1 Å². The molecule has 2 aromatic rings. The summed E-state index contributed by atoms with van der Waals surface area (Å²) in [6.07, 6.45) is -9.24. The molecule has 2 nitrogen and oxygen atoms in total. The second-order valence-electron chi connectivity index (χ2n) is 6.21. The lowest BCUT2D eigenvalue weighted by atomic mass is 9.96. The first-order valence-electron chi connectivity index (χ1n) is 8.23. The quantitative estimate of drug-likeness (QED) is 0.327. The predicted molar refractivity (Wildman–Crippen MR) is 104 cm³/mol. The number of nitrogens with one attached hydrogen (secondary N) is 1. The number of halogens is 10. The van der Waals surface area contributed by atoms with Crippen molar-refractivity contribution in [3.63, 3.8) is 0 Å². The van der Waals surface area contributed by atoms with Crippen molar-refractivity contribution in [2.75, 3.05) is 6.54 Å². The van der Waals surface area contributed by atoms with Gasteiger partial charge < -0.3 is 5.32 Å². The Bertz CT molecular complexity index is 962. The maximum atomic E-state index is 14.5. The second-order valence-corrected chi connectivity index (χ2v) is 7.40. The second kappa shape index (κ2) is 9.67. The van der Waals surface area contributed by atoms with Gasteiger partial charge >= 0.3 is 12.4 Å². The monoisotopic (exact) mass is 507 g/mol. The number of carbonyl (C=O) groups excluding carboxylic acids is 1. The molecule has 1 unspecified atom stereocenters. The molecule has 0 aliphatic carbocycles. The third-order valence-electron chi connectivity index (χ3n) is 3.90. The van der Waals surface area contributed by atoms with Gasteiger partial charge in [0.25, 0.3) is 5.91 Å². The smallest absolute Gasteiger partial charge is 0.343 e. The third-order valence-corrected chi connectivity index (χ3v) is 5.10. The molecule has 2 rings (SSSR count). The Kier molecular flexibility index (Phi) is 7.89. The van der Waals surface area contributed by atoms with Crippen molar-refractivity contribution in [3.8, 4) is 0 Å². The zero-order valence-corrected chi connectivity index (χ0v) is 17.3. The van der Waals surface area contributed by atoms with Crippen molar-refractivity contribution in [2.45, 2.75) is 18.3 Å². The average molecular weight is 509 g/mol. The summed E-state index contributed by atoms with van der Waals surface area (Å²) in [5.41, 5.74) is -1.01. The number of alkyl halides is 6. The molecule has 0 aliphatic rings. The summed E-state index contributed by atoms with van der Waals surface area (Å²) in [4.78, 5) is 11.7. The van der Waals surface area contributed by atoms with Crippen LogP contribution in [0.25, 0.3) is 5.83 Å². The van der Waals surface area contributed by atoms with Crippen LogP contribution in [0.1, 0.15) is 27.4 Å². The molecule has 1 N–H and O–H groups in total. The number of benzene rings is 2. The van der Waals surface area contributed by atoms with E-state index in [1.165, 1.54) is 0 Å². The molecule has 0 saturated carbocycles. The molecule has 1 amide bonds. The minimum absolute atomic E-state index is 0.156. The fourth-order valence-electron chi connectivity index (χ4n) is 2.44. The predicted octanol–water partition coefficient (Wildman–Crippen LogP) is 7.60. The number of hydrogen-bond donors (Lipinski definition) is 1. The molecule has 0 aliphatic heterocycles. The molecule has 0 bridgehead atoms. The lowest BCUT2D eigenvalue weighted by Gasteiger charge is -2.19. The van der Waals surface area contributed by atoms with E-state index in [9.17, 15) is 35.5 Å². The van der Waals surface area contributed by atoms with Crippen molar-refractivity contribution in [1.82, 2.24) is 5.32 Å². The van der Waals surface area contributed by atoms with E-state index >= 15 is 0 Å². The summed E-state index contributed by atoms with van der Waals surface area (Å²) in [6.45, 7) is -1.57. The number of hydrogen-bond acceptors (Lipinski definition) is 1. The van der Waals surface area contributed by atoms with Gasteiger partial charge in [-0.15, -0.1) is 0 Å². The van der Waals surface area contributed by atoms with Crippen LogP contribution in [0.3, 0.4) is 0 Å². The molecule has 0 spiro atoms. The normalized spacial score (nSPS) is 13.8. The Morgan fingerprint density at radius 3 is 1.87 bits per heavy atom. The average Bonchev–Trinajstić information content (AvgIpc) is 2.66. The van der Waals surface area contributed by atoms with Crippen LogP contribution < -0.4 is 5.32 Å². The Hall–Kier alpha value is -1.97. The SMILES string of the molecule is O=C(NCC(F)(F)F)c1ccc(/C(F)=C/C(c2cc(Cl)c(Cl)c(Cl)c2)C(F)(F)F)cc1. The van der Waals surface area contributed by atoms with E-state index in [2.05, 4.69) is 0 Å². The van der Waals surface area contributed by atoms with Gasteiger partial charge in [-0.3, -0.25) is 4.79 Å². The highest BCUT2D eigenvalue weighted by atomic mass is 35.5. The van der Waals surface area contributed by atoms with E-state index < -0.39 is 42.1 Å². The van der Waals surface area contributed by atoms with Crippen LogP contribution >= 0.6 is 34.8 Å². The summed E-state index contributed by atoms with van der Waals surface area (Å²) < 4.78 is 91.5. The van der Waals surface area contributed by atoms with E-state index in [0.717, 1.165) is 36.4 Å². The Labute approximate surface area is 186 Å². The first-order valence-corrected chi connectivity index (χ1v) is 9.36. The fourth-order valence-corrected chi connectivity index (χ4v) is 3.05. The highest BCUT2D eigenvalue weighted by Crippen LogP contribution is 2.42. The first-order chi connectivity index (χ1) is 14.2. The molecule has 0 heterocycles. The van der Waals surface area contributed by atoms with Crippen LogP contribution in [0.15, 0.2) is 42.5 Å². The van der Waals surface area contributed by atoms with E-state index in [4.69, 9.17) is 34.8 Å². The molecule has 12 heteroatoms. The molecular weight excluding hydrogens is 498 g/mol. The van der Waals surface area contributed by atoms with Gasteiger partial charge in [0.2, 0.25) is 0 Å². The summed E-state index contributed by atoms with van der Waals surface area (Å²) >= 11 is 17.3. The lowest BCUT2D eigenvalue weighted by molar-refractivity contribution is -0.139. The molecule has 1 atom stereocenters.